The summed E-state index contributed by atoms with van der Waals surface area (Å²) in [4.78, 5) is 6.71. The van der Waals surface area contributed by atoms with Crippen molar-refractivity contribution < 1.29 is 5.11 Å². The molecular formula is C17H19N3O. The van der Waals surface area contributed by atoms with Crippen LogP contribution in [0.25, 0.3) is 5.65 Å². The zero-order valence-electron chi connectivity index (χ0n) is 12.3. The molecule has 3 aromatic rings. The van der Waals surface area contributed by atoms with E-state index in [2.05, 4.69) is 41.1 Å². The second-order valence-corrected chi connectivity index (χ2v) is 5.31. The fourth-order valence-electron chi connectivity index (χ4n) is 2.65. The van der Waals surface area contributed by atoms with Crippen molar-refractivity contribution in [3.05, 3.63) is 65.5 Å². The summed E-state index contributed by atoms with van der Waals surface area (Å²) in [6, 6.07) is 14.3. The van der Waals surface area contributed by atoms with E-state index in [0.29, 0.717) is 0 Å². The Morgan fingerprint density at radius 1 is 1.19 bits per heavy atom. The molecule has 0 radical (unpaired) electrons. The molecule has 108 valence electrons. The standard InChI is InChI=1S/C17H19N3O/c1-13-6-5-7-14(10-13)11-19(2)17-15(12-21)20-9-4-3-8-16(20)18-17/h3-10,21H,11-12H2,1-2H3. The summed E-state index contributed by atoms with van der Waals surface area (Å²) in [6.45, 7) is 2.82. The van der Waals surface area contributed by atoms with Gasteiger partial charge in [-0.1, -0.05) is 35.9 Å². The number of aromatic nitrogens is 2. The molecule has 0 saturated heterocycles. The van der Waals surface area contributed by atoms with Gasteiger partial charge in [0.15, 0.2) is 5.82 Å². The minimum absolute atomic E-state index is 0.0291. The largest absolute Gasteiger partial charge is 0.390 e. The number of aryl methyl sites for hydroxylation is 1. The van der Waals surface area contributed by atoms with Gasteiger partial charge in [-0.3, -0.25) is 4.40 Å². The number of imidazole rings is 1. The molecule has 2 aromatic heterocycles. The Bertz CT molecular complexity index is 764. The van der Waals surface area contributed by atoms with Gasteiger partial charge < -0.3 is 10.0 Å². The minimum atomic E-state index is -0.0291. The van der Waals surface area contributed by atoms with Gasteiger partial charge >= 0.3 is 0 Å². The fourth-order valence-corrected chi connectivity index (χ4v) is 2.65. The Morgan fingerprint density at radius 3 is 2.81 bits per heavy atom. The molecule has 1 N–H and O–H groups in total. The molecule has 0 saturated carbocycles. The van der Waals surface area contributed by atoms with Gasteiger partial charge in [0.1, 0.15) is 5.65 Å². The smallest absolute Gasteiger partial charge is 0.153 e. The van der Waals surface area contributed by atoms with E-state index in [4.69, 9.17) is 0 Å². The average Bonchev–Trinajstić information content (AvgIpc) is 2.86. The SMILES string of the molecule is Cc1cccc(CN(C)c2nc3ccccn3c2CO)c1. The Kier molecular flexibility index (Phi) is 3.62. The third-order valence-corrected chi connectivity index (χ3v) is 3.62. The highest BCUT2D eigenvalue weighted by atomic mass is 16.3. The van der Waals surface area contributed by atoms with E-state index in [0.717, 1.165) is 23.7 Å². The zero-order chi connectivity index (χ0) is 14.8. The molecule has 0 unspecified atom stereocenters. The summed E-state index contributed by atoms with van der Waals surface area (Å²) in [7, 11) is 2.00. The van der Waals surface area contributed by atoms with Crippen molar-refractivity contribution >= 4 is 11.5 Å². The molecule has 0 spiro atoms. The third kappa shape index (κ3) is 2.62. The van der Waals surface area contributed by atoms with Crippen LogP contribution in [-0.2, 0) is 13.2 Å². The normalized spacial score (nSPS) is 11.0. The van der Waals surface area contributed by atoms with Crippen LogP contribution in [0.15, 0.2) is 48.7 Å². The molecule has 0 fully saturated rings. The summed E-state index contributed by atoms with van der Waals surface area (Å²) in [5, 5.41) is 9.68. The molecule has 2 heterocycles. The highest BCUT2D eigenvalue weighted by Crippen LogP contribution is 2.22. The maximum Gasteiger partial charge on any atom is 0.153 e. The quantitative estimate of drug-likeness (QED) is 0.799. The summed E-state index contributed by atoms with van der Waals surface area (Å²) in [6.07, 6.45) is 1.93. The number of aliphatic hydroxyl groups excluding tert-OH is 1. The van der Waals surface area contributed by atoms with Gasteiger partial charge in [-0.05, 0) is 24.6 Å². The Hall–Kier alpha value is -2.33. The van der Waals surface area contributed by atoms with Crippen LogP contribution < -0.4 is 4.90 Å². The van der Waals surface area contributed by atoms with Crippen LogP contribution in [0, 0.1) is 6.92 Å². The van der Waals surface area contributed by atoms with Crippen LogP contribution in [-0.4, -0.2) is 21.5 Å². The second kappa shape index (κ2) is 5.58. The monoisotopic (exact) mass is 281 g/mol. The van der Waals surface area contributed by atoms with Gasteiger partial charge in [0.25, 0.3) is 0 Å². The van der Waals surface area contributed by atoms with Crippen molar-refractivity contribution in [2.24, 2.45) is 0 Å². The van der Waals surface area contributed by atoms with Crippen LogP contribution in [0.4, 0.5) is 5.82 Å². The number of hydrogen-bond donors (Lipinski definition) is 1. The van der Waals surface area contributed by atoms with Crippen LogP contribution in [0.3, 0.4) is 0 Å². The number of pyridine rings is 1. The summed E-state index contributed by atoms with van der Waals surface area (Å²) >= 11 is 0. The maximum absolute atomic E-state index is 9.68. The Morgan fingerprint density at radius 2 is 2.05 bits per heavy atom. The first-order valence-electron chi connectivity index (χ1n) is 7.02. The predicted molar refractivity (Wildman–Crippen MR) is 84.4 cm³/mol. The van der Waals surface area contributed by atoms with Gasteiger partial charge in [0, 0.05) is 19.8 Å². The molecule has 0 aliphatic carbocycles. The molecule has 3 rings (SSSR count). The van der Waals surface area contributed by atoms with Crippen molar-refractivity contribution in [3.63, 3.8) is 0 Å². The minimum Gasteiger partial charge on any atom is -0.390 e. The highest BCUT2D eigenvalue weighted by Gasteiger charge is 2.15. The van der Waals surface area contributed by atoms with Crippen LogP contribution in [0.2, 0.25) is 0 Å². The van der Waals surface area contributed by atoms with Gasteiger partial charge in [-0.15, -0.1) is 0 Å². The number of nitrogens with zero attached hydrogens (tertiary/aromatic N) is 3. The highest BCUT2D eigenvalue weighted by molar-refractivity contribution is 5.55. The van der Waals surface area contributed by atoms with Gasteiger partial charge in [0.2, 0.25) is 0 Å². The van der Waals surface area contributed by atoms with E-state index in [1.165, 1.54) is 11.1 Å². The first-order chi connectivity index (χ1) is 10.2. The third-order valence-electron chi connectivity index (χ3n) is 3.62. The van der Waals surface area contributed by atoms with E-state index >= 15 is 0 Å². The van der Waals surface area contributed by atoms with Gasteiger partial charge in [-0.2, -0.15) is 0 Å². The zero-order valence-corrected chi connectivity index (χ0v) is 12.3. The molecule has 1 aromatic carbocycles. The molecule has 0 atom stereocenters. The summed E-state index contributed by atoms with van der Waals surface area (Å²) in [5.41, 5.74) is 4.16. The van der Waals surface area contributed by atoms with Gasteiger partial charge in [-0.25, -0.2) is 4.98 Å². The molecular weight excluding hydrogens is 262 g/mol. The molecule has 4 heteroatoms. The summed E-state index contributed by atoms with van der Waals surface area (Å²) < 4.78 is 1.93. The van der Waals surface area contributed by atoms with Crippen molar-refractivity contribution in [1.82, 2.24) is 9.38 Å². The number of anilines is 1. The molecule has 0 bridgehead atoms. The maximum atomic E-state index is 9.68. The Balaban J connectivity index is 1.95. The first-order valence-corrected chi connectivity index (χ1v) is 7.02. The van der Waals surface area contributed by atoms with Crippen molar-refractivity contribution in [1.29, 1.82) is 0 Å². The number of hydrogen-bond acceptors (Lipinski definition) is 3. The lowest BCUT2D eigenvalue weighted by atomic mass is 10.1. The number of fused-ring (bicyclic) bond motifs is 1. The topological polar surface area (TPSA) is 40.8 Å². The molecule has 0 amide bonds. The summed E-state index contributed by atoms with van der Waals surface area (Å²) in [5.74, 6) is 0.824. The van der Waals surface area contributed by atoms with Crippen molar-refractivity contribution in [3.8, 4) is 0 Å². The molecule has 0 aliphatic heterocycles. The molecule has 21 heavy (non-hydrogen) atoms. The van der Waals surface area contributed by atoms with Crippen molar-refractivity contribution in [2.75, 3.05) is 11.9 Å². The fraction of sp³-hybridized carbons (Fsp3) is 0.235. The van der Waals surface area contributed by atoms with Crippen LogP contribution >= 0.6 is 0 Å². The Labute approximate surface area is 124 Å². The number of rotatable bonds is 4. The lowest BCUT2D eigenvalue weighted by Gasteiger charge is -2.18. The first kappa shape index (κ1) is 13.6. The van der Waals surface area contributed by atoms with E-state index < -0.39 is 0 Å². The van der Waals surface area contributed by atoms with Crippen LogP contribution in [0.5, 0.6) is 0 Å². The van der Waals surface area contributed by atoms with E-state index in [-0.39, 0.29) is 6.61 Å². The molecule has 0 aliphatic rings. The van der Waals surface area contributed by atoms with Gasteiger partial charge in [0.05, 0.1) is 12.3 Å². The van der Waals surface area contributed by atoms with Crippen molar-refractivity contribution in [2.45, 2.75) is 20.1 Å². The van der Waals surface area contributed by atoms with E-state index in [9.17, 15) is 5.11 Å². The lowest BCUT2D eigenvalue weighted by Crippen LogP contribution is -2.18. The second-order valence-electron chi connectivity index (χ2n) is 5.31. The molecule has 4 nitrogen and oxygen atoms in total. The lowest BCUT2D eigenvalue weighted by molar-refractivity contribution is 0.276. The van der Waals surface area contributed by atoms with E-state index in [1.807, 2.05) is 35.8 Å². The predicted octanol–water partition coefficient (Wildman–Crippen LogP) is 2.77. The average molecular weight is 281 g/mol. The van der Waals surface area contributed by atoms with Crippen LogP contribution in [0.1, 0.15) is 16.8 Å². The number of benzene rings is 1. The number of aliphatic hydroxyl groups is 1. The van der Waals surface area contributed by atoms with E-state index in [1.54, 1.807) is 0 Å².